The van der Waals surface area contributed by atoms with Crippen LogP contribution in [0.25, 0.3) is 0 Å². The van der Waals surface area contributed by atoms with Gasteiger partial charge in [-0.2, -0.15) is 0 Å². The van der Waals surface area contributed by atoms with E-state index in [1.165, 1.54) is 12.1 Å². The van der Waals surface area contributed by atoms with Crippen molar-refractivity contribution in [1.82, 2.24) is 0 Å². The van der Waals surface area contributed by atoms with Gasteiger partial charge in [0.15, 0.2) is 0 Å². The van der Waals surface area contributed by atoms with Crippen LogP contribution >= 0.6 is 0 Å². The van der Waals surface area contributed by atoms with Crippen LogP contribution in [-0.2, 0) is 0 Å². The van der Waals surface area contributed by atoms with Crippen molar-refractivity contribution >= 4 is 11.6 Å². The van der Waals surface area contributed by atoms with Crippen LogP contribution < -0.4 is 14.8 Å². The van der Waals surface area contributed by atoms with Gasteiger partial charge < -0.3 is 14.8 Å². The van der Waals surface area contributed by atoms with Crippen LogP contribution in [0.2, 0.25) is 0 Å². The maximum Gasteiger partial charge on any atom is 0.573 e. The summed E-state index contributed by atoms with van der Waals surface area (Å²) in [4.78, 5) is 12.2. The minimum absolute atomic E-state index is 0.351. The van der Waals surface area contributed by atoms with Gasteiger partial charge in [0.05, 0.1) is 6.61 Å². The van der Waals surface area contributed by atoms with Crippen molar-refractivity contribution in [2.75, 3.05) is 11.9 Å². The third kappa shape index (κ3) is 5.49. The molecule has 0 heterocycles. The first-order valence-corrected chi connectivity index (χ1v) is 7.27. The number of hydrogen-bond acceptors (Lipinski definition) is 3. The summed E-state index contributed by atoms with van der Waals surface area (Å²) >= 11 is 0. The molecular weight excluding hydrogens is 323 g/mol. The molecule has 0 aliphatic rings. The molecule has 2 rings (SSSR count). The minimum Gasteiger partial charge on any atom is -0.494 e. The number of anilines is 1. The number of hydrogen-bond donors (Lipinski definition) is 1. The summed E-state index contributed by atoms with van der Waals surface area (Å²) in [5.74, 6) is -0.157. The SMILES string of the molecule is CCCOc1cccc(C(=O)Nc2ccc(OC(F)(F)F)cc2)c1. The van der Waals surface area contributed by atoms with Gasteiger partial charge in [0.1, 0.15) is 11.5 Å². The molecule has 7 heteroatoms. The van der Waals surface area contributed by atoms with Crippen molar-refractivity contribution in [2.24, 2.45) is 0 Å². The van der Waals surface area contributed by atoms with E-state index in [0.717, 1.165) is 18.6 Å². The molecule has 0 fully saturated rings. The zero-order valence-corrected chi connectivity index (χ0v) is 12.9. The first kappa shape index (κ1) is 17.7. The summed E-state index contributed by atoms with van der Waals surface area (Å²) in [5, 5.41) is 2.60. The molecule has 2 aromatic rings. The highest BCUT2D eigenvalue weighted by Gasteiger charge is 2.30. The molecule has 24 heavy (non-hydrogen) atoms. The first-order chi connectivity index (χ1) is 11.4. The zero-order chi connectivity index (χ0) is 17.6. The molecule has 128 valence electrons. The van der Waals surface area contributed by atoms with Gasteiger partial charge >= 0.3 is 6.36 Å². The largest absolute Gasteiger partial charge is 0.573 e. The number of nitrogens with one attached hydrogen (secondary N) is 1. The van der Waals surface area contributed by atoms with E-state index in [4.69, 9.17) is 4.74 Å². The summed E-state index contributed by atoms with van der Waals surface area (Å²) in [6, 6.07) is 11.6. The highest BCUT2D eigenvalue weighted by atomic mass is 19.4. The fourth-order valence-corrected chi connectivity index (χ4v) is 1.89. The quantitative estimate of drug-likeness (QED) is 0.835. The Bertz CT molecular complexity index is 684. The second-order valence-corrected chi connectivity index (χ2v) is 4.90. The van der Waals surface area contributed by atoms with Crippen molar-refractivity contribution in [2.45, 2.75) is 19.7 Å². The van der Waals surface area contributed by atoms with Crippen molar-refractivity contribution in [3.05, 3.63) is 54.1 Å². The van der Waals surface area contributed by atoms with E-state index in [9.17, 15) is 18.0 Å². The van der Waals surface area contributed by atoms with Crippen LogP contribution in [0.4, 0.5) is 18.9 Å². The third-order valence-corrected chi connectivity index (χ3v) is 2.91. The van der Waals surface area contributed by atoms with E-state index in [1.54, 1.807) is 24.3 Å². The fourth-order valence-electron chi connectivity index (χ4n) is 1.89. The number of amides is 1. The monoisotopic (exact) mass is 339 g/mol. The van der Waals surface area contributed by atoms with Gasteiger partial charge in [-0.1, -0.05) is 13.0 Å². The molecule has 0 saturated carbocycles. The molecule has 0 bridgehead atoms. The Hall–Kier alpha value is -2.70. The fraction of sp³-hybridized carbons (Fsp3) is 0.235. The summed E-state index contributed by atoms with van der Waals surface area (Å²) in [6.45, 7) is 2.52. The Morgan fingerprint density at radius 1 is 1.08 bits per heavy atom. The maximum absolute atomic E-state index is 12.2. The number of benzene rings is 2. The normalized spacial score (nSPS) is 11.0. The first-order valence-electron chi connectivity index (χ1n) is 7.27. The Labute approximate surface area is 137 Å². The lowest BCUT2D eigenvalue weighted by atomic mass is 10.2. The van der Waals surface area contributed by atoms with Crippen molar-refractivity contribution in [1.29, 1.82) is 0 Å². The van der Waals surface area contributed by atoms with Crippen molar-refractivity contribution < 1.29 is 27.4 Å². The Balaban J connectivity index is 2.01. The Kier molecular flexibility index (Phi) is 5.68. The van der Waals surface area contributed by atoms with Gasteiger partial charge in [0.25, 0.3) is 5.91 Å². The van der Waals surface area contributed by atoms with Crippen LogP contribution in [0, 0.1) is 0 Å². The van der Waals surface area contributed by atoms with Gasteiger partial charge in [0.2, 0.25) is 0 Å². The molecule has 1 amide bonds. The average molecular weight is 339 g/mol. The predicted octanol–water partition coefficient (Wildman–Crippen LogP) is 4.63. The van der Waals surface area contributed by atoms with E-state index in [2.05, 4.69) is 10.1 Å². The topological polar surface area (TPSA) is 47.6 Å². The Morgan fingerprint density at radius 2 is 1.79 bits per heavy atom. The van der Waals surface area contributed by atoms with E-state index >= 15 is 0 Å². The summed E-state index contributed by atoms with van der Waals surface area (Å²) < 4.78 is 45.5. The molecular formula is C17H16F3NO3. The molecule has 0 aliphatic heterocycles. The van der Waals surface area contributed by atoms with E-state index in [-0.39, 0.29) is 11.7 Å². The van der Waals surface area contributed by atoms with Gasteiger partial charge in [-0.15, -0.1) is 13.2 Å². The molecule has 1 N–H and O–H groups in total. The smallest absolute Gasteiger partial charge is 0.494 e. The van der Waals surface area contributed by atoms with Gasteiger partial charge in [0, 0.05) is 11.3 Å². The molecule has 0 atom stereocenters. The summed E-state index contributed by atoms with van der Waals surface area (Å²) in [7, 11) is 0. The predicted molar refractivity (Wildman–Crippen MR) is 83.3 cm³/mol. The zero-order valence-electron chi connectivity index (χ0n) is 12.9. The Morgan fingerprint density at radius 3 is 2.42 bits per heavy atom. The van der Waals surface area contributed by atoms with Crippen molar-refractivity contribution in [3.63, 3.8) is 0 Å². The lowest BCUT2D eigenvalue weighted by Crippen LogP contribution is -2.17. The molecule has 4 nitrogen and oxygen atoms in total. The molecule has 2 aromatic carbocycles. The number of ether oxygens (including phenoxy) is 2. The highest BCUT2D eigenvalue weighted by Crippen LogP contribution is 2.24. The van der Waals surface area contributed by atoms with E-state index in [0.29, 0.717) is 23.6 Å². The lowest BCUT2D eigenvalue weighted by molar-refractivity contribution is -0.274. The maximum atomic E-state index is 12.2. The van der Waals surface area contributed by atoms with E-state index < -0.39 is 6.36 Å². The van der Waals surface area contributed by atoms with Crippen LogP contribution in [0.15, 0.2) is 48.5 Å². The van der Waals surface area contributed by atoms with Crippen LogP contribution in [0.3, 0.4) is 0 Å². The van der Waals surface area contributed by atoms with Gasteiger partial charge in [-0.3, -0.25) is 4.79 Å². The molecule has 0 aromatic heterocycles. The molecule has 0 radical (unpaired) electrons. The number of rotatable bonds is 6. The standard InChI is InChI=1S/C17H16F3NO3/c1-2-10-23-15-5-3-4-12(11-15)16(22)21-13-6-8-14(9-7-13)24-17(18,19)20/h3-9,11H,2,10H2,1H3,(H,21,22). The summed E-state index contributed by atoms with van der Waals surface area (Å²) in [5.41, 5.74) is 0.744. The molecule has 0 aliphatic carbocycles. The number of halogens is 3. The minimum atomic E-state index is -4.75. The van der Waals surface area contributed by atoms with Crippen LogP contribution in [0.5, 0.6) is 11.5 Å². The van der Waals surface area contributed by atoms with Crippen LogP contribution in [-0.4, -0.2) is 18.9 Å². The lowest BCUT2D eigenvalue weighted by Gasteiger charge is -2.10. The van der Waals surface area contributed by atoms with E-state index in [1.807, 2.05) is 6.92 Å². The second-order valence-electron chi connectivity index (χ2n) is 4.90. The molecule has 0 spiro atoms. The number of carbonyl (C=O) groups excluding carboxylic acids is 1. The molecule has 0 unspecified atom stereocenters. The highest BCUT2D eigenvalue weighted by molar-refractivity contribution is 6.04. The third-order valence-electron chi connectivity index (χ3n) is 2.91. The number of carbonyl (C=O) groups is 1. The van der Waals surface area contributed by atoms with Crippen molar-refractivity contribution in [3.8, 4) is 11.5 Å². The average Bonchev–Trinajstić information content (AvgIpc) is 2.53. The second kappa shape index (κ2) is 7.72. The molecule has 0 saturated heterocycles. The van der Waals surface area contributed by atoms with Gasteiger partial charge in [-0.25, -0.2) is 0 Å². The van der Waals surface area contributed by atoms with Gasteiger partial charge in [-0.05, 0) is 48.9 Å². The summed E-state index contributed by atoms with van der Waals surface area (Å²) in [6.07, 6.45) is -3.90. The van der Waals surface area contributed by atoms with Crippen LogP contribution in [0.1, 0.15) is 23.7 Å². The number of alkyl halides is 3.